The molecular formula is C14H16N2O3S. The number of hydrogen-bond acceptors (Lipinski definition) is 3. The van der Waals surface area contributed by atoms with Crippen LogP contribution in [0.25, 0.3) is 10.1 Å². The van der Waals surface area contributed by atoms with Crippen molar-refractivity contribution < 1.29 is 14.7 Å². The molecule has 2 atom stereocenters. The first-order valence-corrected chi connectivity index (χ1v) is 7.13. The van der Waals surface area contributed by atoms with Crippen LogP contribution in [0.1, 0.15) is 13.8 Å². The first kappa shape index (κ1) is 14.3. The summed E-state index contributed by atoms with van der Waals surface area (Å²) in [5.41, 5.74) is 0.684. The fourth-order valence-electron chi connectivity index (χ4n) is 1.76. The highest BCUT2D eigenvalue weighted by Gasteiger charge is 2.20. The Balaban J connectivity index is 1.98. The zero-order chi connectivity index (χ0) is 14.7. The van der Waals surface area contributed by atoms with Gasteiger partial charge < -0.3 is 15.7 Å². The predicted octanol–water partition coefficient (Wildman–Crippen LogP) is 3.13. The van der Waals surface area contributed by atoms with Crippen molar-refractivity contribution in [2.75, 3.05) is 5.32 Å². The highest BCUT2D eigenvalue weighted by Crippen LogP contribution is 2.23. The van der Waals surface area contributed by atoms with Crippen molar-refractivity contribution in [2.45, 2.75) is 19.9 Å². The zero-order valence-electron chi connectivity index (χ0n) is 11.2. The molecule has 20 heavy (non-hydrogen) atoms. The monoisotopic (exact) mass is 292 g/mol. The van der Waals surface area contributed by atoms with Gasteiger partial charge in [-0.3, -0.25) is 4.79 Å². The summed E-state index contributed by atoms with van der Waals surface area (Å²) in [4.78, 5) is 22.6. The standard InChI is InChI=1S/C14H16N2O3S/c1-8(13(17)18)9(2)15-14(19)16-11-3-4-12-10(7-11)5-6-20-12/h3-9H,1-2H3,(H,17,18)(H2,15,16,19). The molecule has 106 valence electrons. The van der Waals surface area contributed by atoms with Gasteiger partial charge in [0.2, 0.25) is 0 Å². The van der Waals surface area contributed by atoms with Crippen LogP contribution in [0.3, 0.4) is 0 Å². The molecule has 2 unspecified atom stereocenters. The predicted molar refractivity (Wildman–Crippen MR) is 80.2 cm³/mol. The molecule has 0 fully saturated rings. The van der Waals surface area contributed by atoms with E-state index in [2.05, 4.69) is 10.6 Å². The van der Waals surface area contributed by atoms with Crippen molar-refractivity contribution in [3.63, 3.8) is 0 Å². The zero-order valence-corrected chi connectivity index (χ0v) is 12.0. The lowest BCUT2D eigenvalue weighted by atomic mass is 10.0. The van der Waals surface area contributed by atoms with Gasteiger partial charge in [-0.25, -0.2) is 4.79 Å². The van der Waals surface area contributed by atoms with Gasteiger partial charge in [0.25, 0.3) is 0 Å². The van der Waals surface area contributed by atoms with E-state index < -0.39 is 24.0 Å². The fraction of sp³-hybridized carbons (Fsp3) is 0.286. The minimum atomic E-state index is -0.933. The first-order valence-electron chi connectivity index (χ1n) is 6.25. The molecule has 0 saturated heterocycles. The summed E-state index contributed by atoms with van der Waals surface area (Å²) in [5, 5.41) is 17.3. The van der Waals surface area contributed by atoms with Crippen molar-refractivity contribution in [3.8, 4) is 0 Å². The summed E-state index contributed by atoms with van der Waals surface area (Å²) in [6.45, 7) is 3.23. The van der Waals surface area contributed by atoms with Crippen LogP contribution in [-0.2, 0) is 4.79 Å². The summed E-state index contributed by atoms with van der Waals surface area (Å²) in [7, 11) is 0. The number of carboxylic acid groups (broad SMARTS) is 1. The van der Waals surface area contributed by atoms with Crippen molar-refractivity contribution >= 4 is 39.1 Å². The molecule has 0 aliphatic carbocycles. The largest absolute Gasteiger partial charge is 0.481 e. The van der Waals surface area contributed by atoms with Gasteiger partial charge in [-0.05, 0) is 48.9 Å². The average Bonchev–Trinajstić information content (AvgIpc) is 2.84. The van der Waals surface area contributed by atoms with E-state index in [4.69, 9.17) is 5.11 Å². The second-order valence-electron chi connectivity index (χ2n) is 4.69. The van der Waals surface area contributed by atoms with E-state index in [-0.39, 0.29) is 0 Å². The van der Waals surface area contributed by atoms with Crippen LogP contribution in [0.15, 0.2) is 29.6 Å². The molecule has 2 rings (SSSR count). The molecule has 0 radical (unpaired) electrons. The number of carboxylic acids is 1. The lowest BCUT2D eigenvalue weighted by molar-refractivity contribution is -0.141. The Morgan fingerprint density at radius 2 is 2.00 bits per heavy atom. The van der Waals surface area contributed by atoms with Gasteiger partial charge in [0.1, 0.15) is 0 Å². The lowest BCUT2D eigenvalue weighted by Gasteiger charge is -2.18. The Kier molecular flexibility index (Phi) is 4.24. The number of thiophene rings is 1. The van der Waals surface area contributed by atoms with E-state index in [1.807, 2.05) is 29.6 Å². The number of carbonyl (C=O) groups excluding carboxylic acids is 1. The topological polar surface area (TPSA) is 78.4 Å². The van der Waals surface area contributed by atoms with Crippen LogP contribution < -0.4 is 10.6 Å². The highest BCUT2D eigenvalue weighted by atomic mass is 32.1. The molecule has 1 aromatic heterocycles. The maximum atomic E-state index is 11.8. The van der Waals surface area contributed by atoms with Crippen molar-refractivity contribution in [2.24, 2.45) is 5.92 Å². The van der Waals surface area contributed by atoms with E-state index in [9.17, 15) is 9.59 Å². The third-order valence-electron chi connectivity index (χ3n) is 3.21. The second kappa shape index (κ2) is 5.92. The Hall–Kier alpha value is -2.08. The van der Waals surface area contributed by atoms with E-state index in [0.717, 1.165) is 10.1 Å². The highest BCUT2D eigenvalue weighted by molar-refractivity contribution is 7.17. The van der Waals surface area contributed by atoms with Crippen molar-refractivity contribution in [1.29, 1.82) is 0 Å². The minimum absolute atomic E-state index is 0.403. The molecule has 1 aromatic carbocycles. The van der Waals surface area contributed by atoms with E-state index in [1.165, 1.54) is 0 Å². The number of nitrogens with one attached hydrogen (secondary N) is 2. The Labute approximate surface area is 120 Å². The number of amides is 2. The molecule has 0 bridgehead atoms. The number of hydrogen-bond donors (Lipinski definition) is 3. The summed E-state index contributed by atoms with van der Waals surface area (Å²) in [6, 6.07) is 6.79. The molecule has 0 spiro atoms. The third kappa shape index (κ3) is 3.27. The van der Waals surface area contributed by atoms with Gasteiger partial charge in [-0.15, -0.1) is 11.3 Å². The number of aliphatic carboxylic acids is 1. The summed E-state index contributed by atoms with van der Waals surface area (Å²) in [6.07, 6.45) is 0. The Bertz CT molecular complexity index is 638. The van der Waals surface area contributed by atoms with Crippen LogP contribution >= 0.6 is 11.3 Å². The third-order valence-corrected chi connectivity index (χ3v) is 4.11. The molecular weight excluding hydrogens is 276 g/mol. The number of carbonyl (C=O) groups is 2. The van der Waals surface area contributed by atoms with Gasteiger partial charge >= 0.3 is 12.0 Å². The van der Waals surface area contributed by atoms with Gasteiger partial charge in [0, 0.05) is 16.4 Å². The van der Waals surface area contributed by atoms with Gasteiger partial charge in [-0.2, -0.15) is 0 Å². The molecule has 0 saturated carbocycles. The number of urea groups is 1. The van der Waals surface area contributed by atoms with Crippen LogP contribution in [0.2, 0.25) is 0 Å². The molecule has 2 amide bonds. The number of anilines is 1. The van der Waals surface area contributed by atoms with E-state index >= 15 is 0 Å². The molecule has 0 aliphatic heterocycles. The lowest BCUT2D eigenvalue weighted by Crippen LogP contribution is -2.42. The van der Waals surface area contributed by atoms with E-state index in [1.54, 1.807) is 25.2 Å². The van der Waals surface area contributed by atoms with Crippen LogP contribution in [0, 0.1) is 5.92 Å². The Morgan fingerprint density at radius 1 is 1.25 bits per heavy atom. The molecule has 3 N–H and O–H groups in total. The normalized spacial score (nSPS) is 13.7. The molecule has 0 aliphatic rings. The quantitative estimate of drug-likeness (QED) is 0.810. The number of rotatable bonds is 4. The van der Waals surface area contributed by atoms with E-state index in [0.29, 0.717) is 5.69 Å². The number of benzene rings is 1. The molecule has 1 heterocycles. The van der Waals surface area contributed by atoms with Crippen LogP contribution in [0.4, 0.5) is 10.5 Å². The number of fused-ring (bicyclic) bond motifs is 1. The van der Waals surface area contributed by atoms with Crippen molar-refractivity contribution in [1.82, 2.24) is 5.32 Å². The van der Waals surface area contributed by atoms with Gasteiger partial charge in [0.15, 0.2) is 0 Å². The minimum Gasteiger partial charge on any atom is -0.481 e. The average molecular weight is 292 g/mol. The van der Waals surface area contributed by atoms with Gasteiger partial charge in [0.05, 0.1) is 5.92 Å². The van der Waals surface area contributed by atoms with Crippen LogP contribution in [-0.4, -0.2) is 23.1 Å². The second-order valence-corrected chi connectivity index (χ2v) is 5.63. The first-order chi connectivity index (χ1) is 9.47. The fourth-order valence-corrected chi connectivity index (χ4v) is 2.53. The maximum Gasteiger partial charge on any atom is 0.319 e. The molecule has 2 aromatic rings. The molecule has 5 nitrogen and oxygen atoms in total. The Morgan fingerprint density at radius 3 is 2.70 bits per heavy atom. The summed E-state index contributed by atoms with van der Waals surface area (Å²) >= 11 is 1.64. The smallest absolute Gasteiger partial charge is 0.319 e. The summed E-state index contributed by atoms with van der Waals surface area (Å²) < 4.78 is 1.16. The van der Waals surface area contributed by atoms with Gasteiger partial charge in [-0.1, -0.05) is 0 Å². The maximum absolute atomic E-state index is 11.8. The summed E-state index contributed by atoms with van der Waals surface area (Å²) in [5.74, 6) is -1.57. The van der Waals surface area contributed by atoms with Crippen molar-refractivity contribution in [3.05, 3.63) is 29.6 Å². The molecule has 6 heteroatoms. The van der Waals surface area contributed by atoms with Crippen LogP contribution in [0.5, 0.6) is 0 Å². The SMILES string of the molecule is CC(NC(=O)Nc1ccc2sccc2c1)C(C)C(=O)O.